The Morgan fingerprint density at radius 2 is 1.73 bits per heavy atom. The molecule has 2 aromatic heterocycles. The van der Waals surface area contributed by atoms with Crippen molar-refractivity contribution in [1.29, 1.82) is 0 Å². The van der Waals surface area contributed by atoms with Crippen molar-refractivity contribution in [3.63, 3.8) is 0 Å². The number of hydrogen-bond donors (Lipinski definition) is 4. The highest BCUT2D eigenvalue weighted by molar-refractivity contribution is 6.04. The highest BCUT2D eigenvalue weighted by Crippen LogP contribution is 2.34. The number of rotatable bonds is 9. The van der Waals surface area contributed by atoms with E-state index in [2.05, 4.69) is 35.8 Å². The molecule has 2 aliphatic heterocycles. The number of hydrogen-bond acceptors (Lipinski definition) is 8. The van der Waals surface area contributed by atoms with Gasteiger partial charge in [-0.05, 0) is 79.1 Å². The number of methoxy groups -OCH3 is 1. The molecule has 14 nitrogen and oxygen atoms in total. The second kappa shape index (κ2) is 16.6. The first-order valence-corrected chi connectivity index (χ1v) is 18.5. The monoisotopic (exact) mass is 753 g/mol. The van der Waals surface area contributed by atoms with Crippen molar-refractivity contribution in [2.24, 2.45) is 5.92 Å². The second-order valence-electron chi connectivity index (χ2n) is 14.4. The Morgan fingerprint density at radius 3 is 2.38 bits per heavy atom. The summed E-state index contributed by atoms with van der Waals surface area (Å²) in [6.07, 6.45) is 4.12. The fraction of sp³-hybridized carbons (Fsp3) is 0.400. The number of ether oxygens (including phenoxy) is 1. The van der Waals surface area contributed by atoms with Crippen LogP contribution in [0.1, 0.15) is 61.4 Å². The minimum atomic E-state index is -0.718. The van der Waals surface area contributed by atoms with Crippen LogP contribution in [0.15, 0.2) is 60.9 Å². The summed E-state index contributed by atoms with van der Waals surface area (Å²) in [5.41, 5.74) is 4.26. The number of benzene rings is 2. The summed E-state index contributed by atoms with van der Waals surface area (Å²) in [7, 11) is 2.88. The van der Waals surface area contributed by atoms with Crippen molar-refractivity contribution in [3.8, 4) is 22.4 Å². The van der Waals surface area contributed by atoms with Crippen molar-refractivity contribution in [1.82, 2.24) is 35.4 Å². The number of anilines is 2. The zero-order valence-electron chi connectivity index (χ0n) is 32.0. The number of carbonyl (C=O) groups excluding carboxylic acids is 4. The molecule has 4 N–H and O–H groups in total. The molecule has 2 aromatic carbocycles. The van der Waals surface area contributed by atoms with Gasteiger partial charge in [-0.1, -0.05) is 38.1 Å². The van der Waals surface area contributed by atoms with Gasteiger partial charge in [0.25, 0.3) is 5.91 Å². The van der Waals surface area contributed by atoms with E-state index in [1.54, 1.807) is 41.2 Å². The number of urea groups is 1. The summed E-state index contributed by atoms with van der Waals surface area (Å²) in [6.45, 7) is 9.91. The topological polar surface area (TPSA) is 165 Å². The van der Waals surface area contributed by atoms with Crippen LogP contribution < -0.4 is 20.9 Å². The molecule has 0 aliphatic carbocycles. The molecule has 0 bridgehead atoms. The first kappa shape index (κ1) is 38.7. The number of aryl methyl sites for hydroxylation is 1. The van der Waals surface area contributed by atoms with E-state index in [9.17, 15) is 19.2 Å². The molecule has 2 aliphatic rings. The summed E-state index contributed by atoms with van der Waals surface area (Å²) in [5, 5.41) is 8.01. The number of pyridine rings is 1. The third-order valence-corrected chi connectivity index (χ3v) is 10.3. The van der Waals surface area contributed by atoms with Gasteiger partial charge in [0, 0.05) is 45.5 Å². The maximum Gasteiger partial charge on any atom is 0.407 e. The smallest absolute Gasteiger partial charge is 0.407 e. The number of alkyl carbamates (subject to hydrolysis) is 1. The average molecular weight is 754 g/mol. The standard InChI is InChI=1S/C40H48FN9O5/c1-23(2)35(47-40(54)55-6)38(52)50-15-7-8-33(50)36-44-21-32(45-36)27-11-9-26(10-12-27)29-19-30(41)31(18-24(29)3)46-37(51)28-13-14-34(43-20-28)49-17-16-48(22-25(49)4)39(53)42-5/h9-14,18-21,23,25,33,35H,7-8,15-17,22H2,1-6H3,(H,42,53)(H,44,45)(H,46,51)(H,47,54)/t25-,33+,35+/m1/s1. The maximum atomic E-state index is 15.5. The molecule has 2 saturated heterocycles. The second-order valence-corrected chi connectivity index (χ2v) is 14.4. The highest BCUT2D eigenvalue weighted by atomic mass is 19.1. The molecule has 15 heteroatoms. The number of amides is 5. The largest absolute Gasteiger partial charge is 0.453 e. The number of carbonyl (C=O) groups is 4. The summed E-state index contributed by atoms with van der Waals surface area (Å²) in [6, 6.07) is 13.1. The molecule has 6 rings (SSSR count). The molecule has 0 saturated carbocycles. The van der Waals surface area contributed by atoms with Crippen LogP contribution in [-0.4, -0.2) is 101 Å². The first-order chi connectivity index (χ1) is 26.4. The van der Waals surface area contributed by atoms with Gasteiger partial charge >= 0.3 is 12.1 Å². The van der Waals surface area contributed by atoms with Crippen molar-refractivity contribution in [3.05, 3.63) is 83.7 Å². The summed E-state index contributed by atoms with van der Waals surface area (Å²) in [4.78, 5) is 68.7. The molecule has 0 spiro atoms. The predicted octanol–water partition coefficient (Wildman–Crippen LogP) is 5.73. The van der Waals surface area contributed by atoms with Crippen molar-refractivity contribution < 1.29 is 28.3 Å². The Labute approximate surface area is 319 Å². The minimum Gasteiger partial charge on any atom is -0.453 e. The van der Waals surface area contributed by atoms with E-state index in [0.717, 1.165) is 35.2 Å². The van der Waals surface area contributed by atoms with Crippen LogP contribution in [0.25, 0.3) is 22.4 Å². The van der Waals surface area contributed by atoms with Gasteiger partial charge in [-0.2, -0.15) is 0 Å². The Balaban J connectivity index is 1.10. The molecule has 4 heterocycles. The molecule has 0 radical (unpaired) electrons. The van der Waals surface area contributed by atoms with Crippen LogP contribution in [0.2, 0.25) is 0 Å². The van der Waals surface area contributed by atoms with Gasteiger partial charge < -0.3 is 40.4 Å². The maximum absolute atomic E-state index is 15.5. The number of likely N-dealkylation sites (tertiary alicyclic amines) is 1. The summed E-state index contributed by atoms with van der Waals surface area (Å²) >= 11 is 0. The van der Waals surface area contributed by atoms with E-state index in [-0.39, 0.29) is 35.6 Å². The van der Waals surface area contributed by atoms with Gasteiger partial charge in [-0.15, -0.1) is 0 Å². The van der Waals surface area contributed by atoms with E-state index in [1.807, 2.05) is 52.0 Å². The summed E-state index contributed by atoms with van der Waals surface area (Å²) in [5.74, 6) is 0.0115. The van der Waals surface area contributed by atoms with E-state index < -0.39 is 23.9 Å². The lowest BCUT2D eigenvalue weighted by atomic mass is 9.98. The van der Waals surface area contributed by atoms with Gasteiger partial charge in [-0.25, -0.2) is 23.9 Å². The van der Waals surface area contributed by atoms with Crippen LogP contribution >= 0.6 is 0 Å². The number of H-pyrrole nitrogens is 1. The van der Waals surface area contributed by atoms with Crippen LogP contribution in [0.4, 0.5) is 25.5 Å². The molecular formula is C40H48FN9O5. The molecule has 0 unspecified atom stereocenters. The normalized spacial score (nSPS) is 17.6. The van der Waals surface area contributed by atoms with Crippen molar-refractivity contribution >= 4 is 35.4 Å². The SMILES string of the molecule is CNC(=O)N1CCN(c2ccc(C(=O)Nc3cc(C)c(-c4ccc(-c5cnc([C@@H]6CCCN6C(=O)[C@@H](NC(=O)OC)C(C)C)[nH]5)cc4)cc3F)cn2)[C@H](C)C1. The van der Waals surface area contributed by atoms with Crippen LogP contribution in [0.3, 0.4) is 0 Å². The molecule has 3 atom stereocenters. The third kappa shape index (κ3) is 8.40. The number of imidazole rings is 1. The number of halogens is 1. The molecule has 2 fully saturated rings. The molecule has 4 aromatic rings. The molecule has 290 valence electrons. The zero-order valence-corrected chi connectivity index (χ0v) is 32.0. The van der Waals surface area contributed by atoms with Crippen LogP contribution in [0.5, 0.6) is 0 Å². The number of aromatic amines is 1. The molecular weight excluding hydrogens is 705 g/mol. The third-order valence-electron chi connectivity index (χ3n) is 10.3. The Hall–Kier alpha value is -5.99. The van der Waals surface area contributed by atoms with Crippen molar-refractivity contribution in [2.75, 3.05) is 50.6 Å². The molecule has 5 amide bonds. The fourth-order valence-corrected chi connectivity index (χ4v) is 7.29. The van der Waals surface area contributed by atoms with Crippen LogP contribution in [-0.2, 0) is 9.53 Å². The highest BCUT2D eigenvalue weighted by Gasteiger charge is 2.37. The van der Waals surface area contributed by atoms with Gasteiger partial charge in [0.2, 0.25) is 5.91 Å². The summed E-state index contributed by atoms with van der Waals surface area (Å²) < 4.78 is 20.2. The lowest BCUT2D eigenvalue weighted by Gasteiger charge is -2.40. The Kier molecular flexibility index (Phi) is 11.7. The number of piperazine rings is 1. The fourth-order valence-electron chi connectivity index (χ4n) is 7.29. The van der Waals surface area contributed by atoms with Crippen LogP contribution in [0, 0.1) is 18.7 Å². The average Bonchev–Trinajstić information content (AvgIpc) is 3.88. The first-order valence-electron chi connectivity index (χ1n) is 18.5. The van der Waals surface area contributed by atoms with Gasteiger partial charge in [0.15, 0.2) is 0 Å². The molecule has 55 heavy (non-hydrogen) atoms. The minimum absolute atomic E-state index is 0.0397. The van der Waals surface area contributed by atoms with Crippen molar-refractivity contribution in [2.45, 2.75) is 58.7 Å². The quantitative estimate of drug-likeness (QED) is 0.168. The Morgan fingerprint density at radius 1 is 0.982 bits per heavy atom. The Bertz CT molecular complexity index is 2040. The lowest BCUT2D eigenvalue weighted by molar-refractivity contribution is -0.135. The number of nitrogens with zero attached hydrogens (tertiary/aromatic N) is 5. The predicted molar refractivity (Wildman–Crippen MR) is 207 cm³/mol. The van der Waals surface area contributed by atoms with Gasteiger partial charge in [0.1, 0.15) is 23.5 Å². The number of nitrogens with one attached hydrogen (secondary N) is 4. The number of aromatic nitrogens is 3. The van der Waals surface area contributed by atoms with E-state index in [0.29, 0.717) is 48.9 Å². The van der Waals surface area contributed by atoms with Gasteiger partial charge in [-0.3, -0.25) is 9.59 Å². The van der Waals surface area contributed by atoms with E-state index in [4.69, 9.17) is 4.74 Å². The van der Waals surface area contributed by atoms with Gasteiger partial charge in [0.05, 0.1) is 36.3 Å². The van der Waals surface area contributed by atoms with E-state index in [1.165, 1.54) is 19.4 Å². The zero-order chi connectivity index (χ0) is 39.4. The van der Waals surface area contributed by atoms with E-state index >= 15 is 4.39 Å². The lowest BCUT2D eigenvalue weighted by Crippen LogP contribution is -2.55.